The number of amides is 1. The van der Waals surface area contributed by atoms with E-state index < -0.39 is 0 Å². The molecule has 1 unspecified atom stereocenters. The maximum absolute atomic E-state index is 12.2. The minimum Gasteiger partial charge on any atom is -0.345 e. The second-order valence-corrected chi connectivity index (χ2v) is 5.96. The monoisotopic (exact) mass is 294 g/mol. The highest BCUT2D eigenvalue weighted by molar-refractivity contribution is 5.75. The molecule has 1 atom stereocenters. The SMILES string of the molecule is Cc1nc(CCN(C)C(=O)CCC2CCCCN2C)no1. The maximum atomic E-state index is 12.2. The summed E-state index contributed by atoms with van der Waals surface area (Å²) in [5.74, 6) is 1.44. The van der Waals surface area contributed by atoms with E-state index in [0.717, 1.165) is 13.0 Å². The molecule has 2 rings (SSSR count). The van der Waals surface area contributed by atoms with Gasteiger partial charge in [-0.2, -0.15) is 4.98 Å². The minimum atomic E-state index is 0.203. The Morgan fingerprint density at radius 1 is 1.48 bits per heavy atom. The fourth-order valence-electron chi connectivity index (χ4n) is 2.83. The molecule has 6 heteroatoms. The van der Waals surface area contributed by atoms with E-state index in [1.165, 1.54) is 19.3 Å². The third-order valence-corrected chi connectivity index (χ3v) is 4.28. The predicted octanol–water partition coefficient (Wildman–Crippen LogP) is 1.64. The number of likely N-dealkylation sites (tertiary alicyclic amines) is 1. The lowest BCUT2D eigenvalue weighted by molar-refractivity contribution is -0.130. The topological polar surface area (TPSA) is 62.5 Å². The summed E-state index contributed by atoms with van der Waals surface area (Å²) in [6.45, 7) is 3.57. The van der Waals surface area contributed by atoms with Gasteiger partial charge in [0.2, 0.25) is 11.8 Å². The van der Waals surface area contributed by atoms with Crippen molar-refractivity contribution in [2.45, 2.75) is 51.5 Å². The first-order chi connectivity index (χ1) is 10.1. The standard InChI is InChI=1S/C15H26N4O2/c1-12-16-14(17-21-12)9-11-19(3)15(20)8-7-13-6-4-5-10-18(13)2/h13H,4-11H2,1-3H3. The molecule has 0 radical (unpaired) electrons. The first kappa shape index (κ1) is 15.9. The summed E-state index contributed by atoms with van der Waals surface area (Å²) in [5.41, 5.74) is 0. The highest BCUT2D eigenvalue weighted by Gasteiger charge is 2.20. The zero-order valence-corrected chi connectivity index (χ0v) is 13.3. The number of nitrogens with zero attached hydrogens (tertiary/aromatic N) is 4. The molecular formula is C15H26N4O2. The smallest absolute Gasteiger partial charge is 0.223 e. The zero-order chi connectivity index (χ0) is 15.2. The van der Waals surface area contributed by atoms with Gasteiger partial charge in [-0.1, -0.05) is 11.6 Å². The lowest BCUT2D eigenvalue weighted by Crippen LogP contribution is -2.37. The molecule has 1 aliphatic heterocycles. The van der Waals surface area contributed by atoms with Crippen LogP contribution in [0.4, 0.5) is 0 Å². The van der Waals surface area contributed by atoms with Crippen molar-refractivity contribution in [1.29, 1.82) is 0 Å². The van der Waals surface area contributed by atoms with Gasteiger partial charge in [-0.3, -0.25) is 4.79 Å². The van der Waals surface area contributed by atoms with Crippen LogP contribution in [0, 0.1) is 6.92 Å². The molecule has 2 heterocycles. The molecule has 1 amide bonds. The van der Waals surface area contributed by atoms with Gasteiger partial charge < -0.3 is 14.3 Å². The number of piperidine rings is 1. The Balaban J connectivity index is 1.69. The predicted molar refractivity (Wildman–Crippen MR) is 79.9 cm³/mol. The van der Waals surface area contributed by atoms with Gasteiger partial charge >= 0.3 is 0 Å². The molecule has 1 aromatic rings. The molecule has 1 fully saturated rings. The van der Waals surface area contributed by atoms with Crippen LogP contribution in [0.1, 0.15) is 43.8 Å². The summed E-state index contributed by atoms with van der Waals surface area (Å²) in [6.07, 6.45) is 6.01. The second-order valence-electron chi connectivity index (χ2n) is 5.96. The Morgan fingerprint density at radius 2 is 2.29 bits per heavy atom. The van der Waals surface area contributed by atoms with E-state index in [2.05, 4.69) is 22.1 Å². The molecule has 1 aromatic heterocycles. The summed E-state index contributed by atoms with van der Waals surface area (Å²) in [5, 5.41) is 3.85. The van der Waals surface area contributed by atoms with Gasteiger partial charge in [-0.15, -0.1) is 0 Å². The van der Waals surface area contributed by atoms with Crippen LogP contribution >= 0.6 is 0 Å². The van der Waals surface area contributed by atoms with Crippen molar-refractivity contribution in [1.82, 2.24) is 19.9 Å². The van der Waals surface area contributed by atoms with Crippen molar-refractivity contribution in [3.05, 3.63) is 11.7 Å². The van der Waals surface area contributed by atoms with E-state index >= 15 is 0 Å². The van der Waals surface area contributed by atoms with E-state index in [9.17, 15) is 4.79 Å². The summed E-state index contributed by atoms with van der Waals surface area (Å²) in [6, 6.07) is 0.566. The van der Waals surface area contributed by atoms with E-state index in [-0.39, 0.29) is 5.91 Å². The summed E-state index contributed by atoms with van der Waals surface area (Å²) in [4.78, 5) is 20.5. The maximum Gasteiger partial charge on any atom is 0.223 e. The first-order valence-electron chi connectivity index (χ1n) is 7.79. The van der Waals surface area contributed by atoms with E-state index in [1.807, 2.05) is 7.05 Å². The fraction of sp³-hybridized carbons (Fsp3) is 0.800. The normalized spacial score (nSPS) is 19.7. The number of hydrogen-bond acceptors (Lipinski definition) is 5. The number of aromatic nitrogens is 2. The van der Waals surface area contributed by atoms with Crippen LogP contribution in [0.15, 0.2) is 4.52 Å². The molecule has 0 bridgehead atoms. The molecule has 0 aromatic carbocycles. The Morgan fingerprint density at radius 3 is 2.95 bits per heavy atom. The molecule has 0 aliphatic carbocycles. The summed E-state index contributed by atoms with van der Waals surface area (Å²) in [7, 11) is 4.01. The lowest BCUT2D eigenvalue weighted by Gasteiger charge is -2.32. The van der Waals surface area contributed by atoms with Gasteiger partial charge in [0.05, 0.1) is 0 Å². The van der Waals surface area contributed by atoms with Gasteiger partial charge in [-0.05, 0) is 32.9 Å². The molecular weight excluding hydrogens is 268 g/mol. The second kappa shape index (κ2) is 7.54. The van der Waals surface area contributed by atoms with Crippen LogP contribution in [-0.4, -0.2) is 59.1 Å². The van der Waals surface area contributed by atoms with Crippen LogP contribution in [0.25, 0.3) is 0 Å². The molecule has 1 aliphatic rings. The number of carbonyl (C=O) groups excluding carboxylic acids is 1. The van der Waals surface area contributed by atoms with E-state index in [1.54, 1.807) is 11.8 Å². The average Bonchev–Trinajstić information content (AvgIpc) is 2.89. The number of likely N-dealkylation sites (N-methyl/N-ethyl adjacent to an activating group) is 1. The largest absolute Gasteiger partial charge is 0.345 e. The average molecular weight is 294 g/mol. The highest BCUT2D eigenvalue weighted by atomic mass is 16.5. The third kappa shape index (κ3) is 4.81. The van der Waals surface area contributed by atoms with Crippen LogP contribution < -0.4 is 0 Å². The van der Waals surface area contributed by atoms with E-state index in [0.29, 0.717) is 37.1 Å². The van der Waals surface area contributed by atoms with Crippen molar-refractivity contribution in [3.63, 3.8) is 0 Å². The lowest BCUT2D eigenvalue weighted by atomic mass is 9.98. The summed E-state index contributed by atoms with van der Waals surface area (Å²) < 4.78 is 4.93. The van der Waals surface area contributed by atoms with Crippen molar-refractivity contribution in [3.8, 4) is 0 Å². The van der Waals surface area contributed by atoms with Gasteiger partial charge in [0.1, 0.15) is 0 Å². The quantitative estimate of drug-likeness (QED) is 0.798. The van der Waals surface area contributed by atoms with Crippen LogP contribution in [0.3, 0.4) is 0 Å². The van der Waals surface area contributed by atoms with E-state index in [4.69, 9.17) is 4.52 Å². The van der Waals surface area contributed by atoms with Gasteiger partial charge in [0, 0.05) is 39.4 Å². The fourth-order valence-corrected chi connectivity index (χ4v) is 2.83. The Labute approximate surface area is 126 Å². The van der Waals surface area contributed by atoms with Crippen molar-refractivity contribution in [2.75, 3.05) is 27.2 Å². The molecule has 1 saturated heterocycles. The molecule has 118 valence electrons. The molecule has 21 heavy (non-hydrogen) atoms. The number of hydrogen-bond donors (Lipinski definition) is 0. The van der Waals surface area contributed by atoms with Crippen molar-refractivity contribution in [2.24, 2.45) is 0 Å². The number of carbonyl (C=O) groups is 1. The Kier molecular flexibility index (Phi) is 5.73. The molecule has 0 spiro atoms. The first-order valence-corrected chi connectivity index (χ1v) is 7.79. The Hall–Kier alpha value is -1.43. The summed E-state index contributed by atoms with van der Waals surface area (Å²) >= 11 is 0. The van der Waals surface area contributed by atoms with Crippen LogP contribution in [0.5, 0.6) is 0 Å². The zero-order valence-electron chi connectivity index (χ0n) is 13.3. The van der Waals surface area contributed by atoms with Crippen LogP contribution in [-0.2, 0) is 11.2 Å². The van der Waals surface area contributed by atoms with Gasteiger partial charge in [0.25, 0.3) is 0 Å². The minimum absolute atomic E-state index is 0.203. The molecule has 0 N–H and O–H groups in total. The highest BCUT2D eigenvalue weighted by Crippen LogP contribution is 2.19. The molecule has 6 nitrogen and oxygen atoms in total. The van der Waals surface area contributed by atoms with Gasteiger partial charge in [0.15, 0.2) is 5.82 Å². The number of rotatable bonds is 6. The van der Waals surface area contributed by atoms with Crippen molar-refractivity contribution < 1.29 is 9.32 Å². The number of aryl methyl sites for hydroxylation is 1. The molecule has 0 saturated carbocycles. The van der Waals surface area contributed by atoms with Gasteiger partial charge in [-0.25, -0.2) is 0 Å². The third-order valence-electron chi connectivity index (χ3n) is 4.28. The van der Waals surface area contributed by atoms with Crippen molar-refractivity contribution >= 4 is 5.91 Å². The van der Waals surface area contributed by atoms with Crippen LogP contribution in [0.2, 0.25) is 0 Å². The Bertz CT molecular complexity index is 460.